The molecular weight excluding hydrogens is 425 g/mol. The van der Waals surface area contributed by atoms with E-state index in [0.717, 1.165) is 24.8 Å². The van der Waals surface area contributed by atoms with Crippen molar-refractivity contribution in [3.8, 4) is 0 Å². The van der Waals surface area contributed by atoms with Crippen LogP contribution in [0.25, 0.3) is 6.08 Å². The van der Waals surface area contributed by atoms with Gasteiger partial charge in [-0.05, 0) is 29.9 Å². The Balaban J connectivity index is 2.46. The summed E-state index contributed by atoms with van der Waals surface area (Å²) in [6.45, 7) is 9.69. The molecule has 178 valence electrons. The molecule has 0 saturated heterocycles. The fourth-order valence-corrected chi connectivity index (χ4v) is 7.25. The van der Waals surface area contributed by atoms with Crippen molar-refractivity contribution < 1.29 is 23.4 Å². The maximum absolute atomic E-state index is 14.4. The molecule has 1 fully saturated rings. The van der Waals surface area contributed by atoms with Gasteiger partial charge in [0.25, 0.3) is 7.37 Å². The minimum Gasteiger partial charge on any atom is -0.448 e. The molecule has 1 aromatic carbocycles. The summed E-state index contributed by atoms with van der Waals surface area (Å²) < 4.78 is 25.7. The van der Waals surface area contributed by atoms with Gasteiger partial charge in [-0.3, -0.25) is 14.2 Å². The predicted octanol–water partition coefficient (Wildman–Crippen LogP) is 5.72. The summed E-state index contributed by atoms with van der Waals surface area (Å²) in [6, 6.07) is 9.34. The molecule has 2 unspecified atom stereocenters. The van der Waals surface area contributed by atoms with Gasteiger partial charge in [-0.2, -0.15) is 0 Å². The second-order valence-electron chi connectivity index (χ2n) is 9.72. The lowest BCUT2D eigenvalue weighted by Gasteiger charge is -2.45. The quantitative estimate of drug-likeness (QED) is 0.364. The molecule has 1 aliphatic rings. The minimum absolute atomic E-state index is 0.0386. The number of ether oxygens (including phenoxy) is 1. The number of amides is 1. The summed E-state index contributed by atoms with van der Waals surface area (Å²) in [4.78, 5) is 26.4. The summed E-state index contributed by atoms with van der Waals surface area (Å²) in [5, 5.41) is 0. The van der Waals surface area contributed by atoms with Crippen LogP contribution >= 0.6 is 7.37 Å². The Hall–Kier alpha value is -1.91. The van der Waals surface area contributed by atoms with Crippen molar-refractivity contribution in [3.63, 3.8) is 0 Å². The maximum atomic E-state index is 14.4. The van der Waals surface area contributed by atoms with E-state index in [1.807, 2.05) is 35.2 Å². The van der Waals surface area contributed by atoms with Crippen LogP contribution < -0.4 is 0 Å². The number of carbonyl (C=O) groups excluding carboxylic acids is 2. The molecule has 0 aliphatic heterocycles. The molecule has 2 rings (SSSR count). The fourth-order valence-electron chi connectivity index (χ4n) is 4.44. The molecule has 6 nitrogen and oxygen atoms in total. The first-order chi connectivity index (χ1) is 15.0. The number of rotatable bonds is 8. The van der Waals surface area contributed by atoms with Gasteiger partial charge in [-0.25, -0.2) is 0 Å². The number of nitrogens with zero attached hydrogens (tertiary/aromatic N) is 1. The standard InChI is InChI=1S/C25H38NO5P/c1-19(27)26(18-25(3,4)5)22-14-10-11-15-23(22)32(29,30-6)24(31-20(2)28)17-16-21-12-8-7-9-13-21/h7-9,12-13,16-17,22-24H,10-11,14-15,18H2,1-6H3/t22-,23-,24?,32?/m1/s1. The van der Waals surface area contributed by atoms with Crippen molar-refractivity contribution in [2.45, 2.75) is 77.8 Å². The van der Waals surface area contributed by atoms with Crippen molar-refractivity contribution in [3.05, 3.63) is 42.0 Å². The van der Waals surface area contributed by atoms with Gasteiger partial charge in [-0.15, -0.1) is 0 Å². The molecule has 7 heteroatoms. The zero-order valence-corrected chi connectivity index (χ0v) is 21.1. The lowest BCUT2D eigenvalue weighted by atomic mass is 9.90. The molecule has 0 aromatic heterocycles. The summed E-state index contributed by atoms with van der Waals surface area (Å²) in [5.74, 6) is -1.57. The van der Waals surface area contributed by atoms with Gasteiger partial charge in [0.15, 0.2) is 5.85 Å². The van der Waals surface area contributed by atoms with Crippen molar-refractivity contribution >= 4 is 25.3 Å². The molecule has 0 radical (unpaired) electrons. The van der Waals surface area contributed by atoms with E-state index < -0.39 is 24.8 Å². The third-order valence-corrected chi connectivity index (χ3v) is 8.87. The molecule has 0 N–H and O–H groups in total. The van der Waals surface area contributed by atoms with Crippen molar-refractivity contribution in [1.82, 2.24) is 4.90 Å². The third kappa shape index (κ3) is 7.05. The average Bonchev–Trinajstić information content (AvgIpc) is 2.74. The van der Waals surface area contributed by atoms with Crippen LogP contribution in [-0.4, -0.2) is 48.0 Å². The SMILES string of the molecule is COP(=O)(C(C=Cc1ccccc1)OC(C)=O)[C@@H]1CCCC[C@H]1N(CC(C)(C)C)C(C)=O. The molecule has 0 heterocycles. The van der Waals surface area contributed by atoms with Crippen LogP contribution in [-0.2, 0) is 23.4 Å². The second-order valence-corrected chi connectivity index (χ2v) is 12.6. The summed E-state index contributed by atoms with van der Waals surface area (Å²) in [6.07, 6.45) is 6.72. The number of carbonyl (C=O) groups is 2. The van der Waals surface area contributed by atoms with Gasteiger partial charge < -0.3 is 14.2 Å². The first-order valence-electron chi connectivity index (χ1n) is 11.3. The van der Waals surface area contributed by atoms with E-state index in [0.29, 0.717) is 13.0 Å². The molecule has 1 amide bonds. The maximum Gasteiger partial charge on any atom is 0.303 e. The lowest BCUT2D eigenvalue weighted by Crippen LogP contribution is -2.51. The Labute approximate surface area is 192 Å². The molecular formula is C25H38NO5P. The number of benzene rings is 1. The smallest absolute Gasteiger partial charge is 0.303 e. The van der Waals surface area contributed by atoms with Crippen molar-refractivity contribution in [2.75, 3.05) is 13.7 Å². The highest BCUT2D eigenvalue weighted by Gasteiger charge is 2.49. The van der Waals surface area contributed by atoms with Crippen molar-refractivity contribution in [2.24, 2.45) is 5.41 Å². The van der Waals surface area contributed by atoms with E-state index in [4.69, 9.17) is 9.26 Å². The molecule has 0 spiro atoms. The van der Waals surface area contributed by atoms with E-state index in [2.05, 4.69) is 20.8 Å². The first kappa shape index (κ1) is 26.3. The van der Waals surface area contributed by atoms with Gasteiger partial charge in [0.2, 0.25) is 5.91 Å². The molecule has 0 bridgehead atoms. The number of hydrogen-bond acceptors (Lipinski definition) is 5. The van der Waals surface area contributed by atoms with Gasteiger partial charge >= 0.3 is 5.97 Å². The van der Waals surface area contributed by atoms with Crippen LogP contribution in [0.1, 0.15) is 65.9 Å². The minimum atomic E-state index is -3.52. The molecule has 32 heavy (non-hydrogen) atoms. The highest BCUT2D eigenvalue weighted by molar-refractivity contribution is 7.60. The van der Waals surface area contributed by atoms with Gasteiger partial charge in [0.1, 0.15) is 0 Å². The largest absolute Gasteiger partial charge is 0.448 e. The summed E-state index contributed by atoms with van der Waals surface area (Å²) in [5.41, 5.74) is 0.399. The van der Waals surface area contributed by atoms with Crippen LogP contribution in [0.2, 0.25) is 0 Å². The zero-order chi connectivity index (χ0) is 23.9. The highest BCUT2D eigenvalue weighted by atomic mass is 31.2. The van der Waals surface area contributed by atoms with Gasteiger partial charge in [-0.1, -0.05) is 70.0 Å². The third-order valence-electron chi connectivity index (χ3n) is 5.79. The first-order valence-corrected chi connectivity index (χ1v) is 13.1. The number of hydrogen-bond donors (Lipinski definition) is 0. The predicted molar refractivity (Wildman–Crippen MR) is 129 cm³/mol. The van der Waals surface area contributed by atoms with Gasteiger partial charge in [0.05, 0.1) is 5.66 Å². The zero-order valence-electron chi connectivity index (χ0n) is 20.2. The lowest BCUT2D eigenvalue weighted by molar-refractivity contribution is -0.141. The second kappa shape index (κ2) is 11.3. The topological polar surface area (TPSA) is 72.9 Å². The van der Waals surface area contributed by atoms with E-state index in [1.54, 1.807) is 19.1 Å². The van der Waals surface area contributed by atoms with Crippen LogP contribution in [0, 0.1) is 5.41 Å². The van der Waals surface area contributed by atoms with Crippen LogP contribution in [0.5, 0.6) is 0 Å². The molecule has 1 aromatic rings. The van der Waals surface area contributed by atoms with Crippen LogP contribution in [0.4, 0.5) is 0 Å². The van der Waals surface area contributed by atoms with Gasteiger partial charge in [0, 0.05) is 33.5 Å². The van der Waals surface area contributed by atoms with E-state index in [-0.39, 0.29) is 17.4 Å². The molecule has 1 aliphatic carbocycles. The Kier molecular flexibility index (Phi) is 9.29. The number of esters is 1. The van der Waals surface area contributed by atoms with E-state index in [9.17, 15) is 14.2 Å². The van der Waals surface area contributed by atoms with Crippen LogP contribution in [0.15, 0.2) is 36.4 Å². The van der Waals surface area contributed by atoms with Crippen LogP contribution in [0.3, 0.4) is 0 Å². The fraction of sp³-hybridized carbons (Fsp3) is 0.600. The normalized spacial score (nSPS) is 22.2. The Morgan fingerprint density at radius 2 is 1.78 bits per heavy atom. The Morgan fingerprint density at radius 1 is 1.16 bits per heavy atom. The Bertz CT molecular complexity index is 846. The van der Waals surface area contributed by atoms with E-state index in [1.165, 1.54) is 14.0 Å². The summed E-state index contributed by atoms with van der Waals surface area (Å²) in [7, 11) is -2.10. The van der Waals surface area contributed by atoms with E-state index >= 15 is 0 Å². The Morgan fingerprint density at radius 3 is 2.31 bits per heavy atom. The van der Waals surface area contributed by atoms with Crippen molar-refractivity contribution in [1.29, 1.82) is 0 Å². The average molecular weight is 464 g/mol. The monoisotopic (exact) mass is 463 g/mol. The summed E-state index contributed by atoms with van der Waals surface area (Å²) >= 11 is 0. The molecule has 4 atom stereocenters. The molecule has 1 saturated carbocycles. The highest BCUT2D eigenvalue weighted by Crippen LogP contribution is 2.61.